The molecule has 1 aromatic heterocycles. The van der Waals surface area contributed by atoms with E-state index in [1.165, 1.54) is 6.20 Å². The third kappa shape index (κ3) is 1.57. The minimum Gasteiger partial charge on any atom is -0.506 e. The van der Waals surface area contributed by atoms with E-state index in [-0.39, 0.29) is 5.75 Å². The van der Waals surface area contributed by atoms with Crippen LogP contribution >= 0.6 is 11.6 Å². The van der Waals surface area contributed by atoms with Crippen molar-refractivity contribution in [2.45, 2.75) is 5.88 Å². The maximum absolute atomic E-state index is 8.82. The lowest BCUT2D eigenvalue weighted by molar-refractivity contribution is 0.472. The van der Waals surface area contributed by atoms with Crippen molar-refractivity contribution in [3.63, 3.8) is 0 Å². The van der Waals surface area contributed by atoms with Crippen LogP contribution in [-0.2, 0) is 5.88 Å². The highest BCUT2D eigenvalue weighted by molar-refractivity contribution is 6.17. The number of rotatable bonds is 1. The highest BCUT2D eigenvalue weighted by Crippen LogP contribution is 2.09. The summed E-state index contributed by atoms with van der Waals surface area (Å²) in [7, 11) is 0. The number of aromatic nitrogens is 1. The molecule has 0 amide bonds. The molecular weight excluding hydrogens is 138 g/mol. The van der Waals surface area contributed by atoms with Crippen molar-refractivity contribution in [2.24, 2.45) is 0 Å². The molecule has 0 aliphatic carbocycles. The second-order valence-electron chi connectivity index (χ2n) is 1.69. The quantitative estimate of drug-likeness (QED) is 0.605. The van der Waals surface area contributed by atoms with Gasteiger partial charge in [0.05, 0.1) is 6.20 Å². The Kier molecular flexibility index (Phi) is 1.90. The van der Waals surface area contributed by atoms with E-state index < -0.39 is 0 Å². The van der Waals surface area contributed by atoms with Crippen molar-refractivity contribution in [1.29, 1.82) is 0 Å². The van der Waals surface area contributed by atoms with Crippen LogP contribution in [0.1, 0.15) is 5.56 Å². The molecular formula is C6H6ClNO. The lowest BCUT2D eigenvalue weighted by atomic mass is 10.3. The van der Waals surface area contributed by atoms with Crippen molar-refractivity contribution in [3.8, 4) is 5.75 Å². The Balaban J connectivity index is 2.94. The molecule has 1 heterocycles. The molecule has 2 nitrogen and oxygen atoms in total. The van der Waals surface area contributed by atoms with E-state index in [2.05, 4.69) is 4.98 Å². The lowest BCUT2D eigenvalue weighted by Crippen LogP contribution is -1.78. The Morgan fingerprint density at radius 1 is 1.56 bits per heavy atom. The average molecular weight is 144 g/mol. The van der Waals surface area contributed by atoms with Crippen molar-refractivity contribution in [3.05, 3.63) is 24.0 Å². The summed E-state index contributed by atoms with van der Waals surface area (Å²) in [6.07, 6.45) is 2.99. The van der Waals surface area contributed by atoms with Crippen LogP contribution in [0.3, 0.4) is 0 Å². The summed E-state index contributed by atoms with van der Waals surface area (Å²) in [5.74, 6) is 0.551. The second-order valence-corrected chi connectivity index (χ2v) is 1.95. The van der Waals surface area contributed by atoms with E-state index in [1.807, 2.05) is 0 Å². The minimum absolute atomic E-state index is 0.160. The summed E-state index contributed by atoms with van der Waals surface area (Å²) in [5.41, 5.74) is 0.830. The first kappa shape index (κ1) is 6.36. The molecule has 1 N–H and O–H groups in total. The zero-order valence-electron chi connectivity index (χ0n) is 4.71. The van der Waals surface area contributed by atoms with Crippen LogP contribution in [0.5, 0.6) is 5.75 Å². The van der Waals surface area contributed by atoms with Crippen LogP contribution in [0.4, 0.5) is 0 Å². The minimum atomic E-state index is 0.160. The van der Waals surface area contributed by atoms with E-state index in [1.54, 1.807) is 12.3 Å². The molecule has 1 aromatic rings. The van der Waals surface area contributed by atoms with Crippen molar-refractivity contribution in [1.82, 2.24) is 4.98 Å². The average Bonchev–Trinajstić information content (AvgIpc) is 1.88. The molecule has 0 radical (unpaired) electrons. The zero-order valence-corrected chi connectivity index (χ0v) is 5.47. The van der Waals surface area contributed by atoms with Crippen molar-refractivity contribution in [2.75, 3.05) is 0 Å². The van der Waals surface area contributed by atoms with Crippen LogP contribution in [-0.4, -0.2) is 10.1 Å². The summed E-state index contributed by atoms with van der Waals surface area (Å²) >= 11 is 5.45. The number of alkyl halides is 1. The van der Waals surface area contributed by atoms with Gasteiger partial charge in [-0.2, -0.15) is 0 Å². The van der Waals surface area contributed by atoms with Gasteiger partial charge in [0.1, 0.15) is 5.75 Å². The molecule has 0 saturated heterocycles. The molecule has 0 saturated carbocycles. The molecule has 3 heteroatoms. The van der Waals surface area contributed by atoms with Gasteiger partial charge in [-0.1, -0.05) is 0 Å². The van der Waals surface area contributed by atoms with E-state index in [4.69, 9.17) is 16.7 Å². The van der Waals surface area contributed by atoms with E-state index in [9.17, 15) is 0 Å². The van der Waals surface area contributed by atoms with Gasteiger partial charge in [0.15, 0.2) is 0 Å². The van der Waals surface area contributed by atoms with Gasteiger partial charge in [-0.05, 0) is 11.6 Å². The third-order valence-corrected chi connectivity index (χ3v) is 1.24. The smallest absolute Gasteiger partial charge is 0.134 e. The van der Waals surface area contributed by atoms with Gasteiger partial charge in [0.25, 0.3) is 0 Å². The highest BCUT2D eigenvalue weighted by Gasteiger charge is 1.90. The molecule has 0 fully saturated rings. The van der Waals surface area contributed by atoms with Crippen LogP contribution in [0, 0.1) is 0 Å². The third-order valence-electron chi connectivity index (χ3n) is 0.935. The van der Waals surface area contributed by atoms with Crippen molar-refractivity contribution >= 4 is 11.6 Å². The van der Waals surface area contributed by atoms with Gasteiger partial charge in [-0.3, -0.25) is 4.98 Å². The number of hydrogen-bond donors (Lipinski definition) is 1. The molecule has 0 aliphatic rings. The monoisotopic (exact) mass is 143 g/mol. The molecule has 0 unspecified atom stereocenters. The summed E-state index contributed by atoms with van der Waals surface area (Å²) in [6.45, 7) is 0. The van der Waals surface area contributed by atoms with Gasteiger partial charge in [-0.25, -0.2) is 0 Å². The Labute approximate surface area is 58.1 Å². The van der Waals surface area contributed by atoms with Crippen LogP contribution in [0.2, 0.25) is 0 Å². The fourth-order valence-corrected chi connectivity index (χ4v) is 0.693. The first-order valence-electron chi connectivity index (χ1n) is 2.52. The maximum Gasteiger partial charge on any atom is 0.134 e. The number of halogens is 1. The second kappa shape index (κ2) is 2.69. The fraction of sp³-hybridized carbons (Fsp3) is 0.167. The summed E-state index contributed by atoms with van der Waals surface area (Å²) in [4.78, 5) is 3.72. The molecule has 1 rings (SSSR count). The summed E-state index contributed by atoms with van der Waals surface area (Å²) in [6, 6.07) is 1.58. The predicted octanol–water partition coefficient (Wildman–Crippen LogP) is 1.53. The molecule has 0 aromatic carbocycles. The Bertz CT molecular complexity index is 202. The Morgan fingerprint density at radius 2 is 2.33 bits per heavy atom. The number of nitrogens with zero attached hydrogens (tertiary/aromatic N) is 1. The van der Waals surface area contributed by atoms with Crippen molar-refractivity contribution < 1.29 is 5.11 Å². The summed E-state index contributed by atoms with van der Waals surface area (Å²) < 4.78 is 0. The number of aromatic hydroxyl groups is 1. The molecule has 0 bridgehead atoms. The largest absolute Gasteiger partial charge is 0.506 e. The first-order valence-corrected chi connectivity index (χ1v) is 3.05. The Hall–Kier alpha value is -0.760. The van der Waals surface area contributed by atoms with Crippen LogP contribution in [0.15, 0.2) is 18.5 Å². The van der Waals surface area contributed by atoms with E-state index >= 15 is 0 Å². The van der Waals surface area contributed by atoms with Crippen LogP contribution in [0.25, 0.3) is 0 Å². The maximum atomic E-state index is 8.82. The predicted molar refractivity (Wildman–Crippen MR) is 35.5 cm³/mol. The molecule has 0 aliphatic heterocycles. The number of pyridine rings is 1. The van der Waals surface area contributed by atoms with Gasteiger partial charge in [0.2, 0.25) is 0 Å². The first-order chi connectivity index (χ1) is 4.33. The summed E-state index contributed by atoms with van der Waals surface area (Å²) in [5, 5.41) is 8.82. The SMILES string of the molecule is Oc1cncc(CCl)c1. The van der Waals surface area contributed by atoms with Gasteiger partial charge in [-0.15, -0.1) is 11.6 Å². The normalized spacial score (nSPS) is 9.44. The fourth-order valence-electron chi connectivity index (χ4n) is 0.547. The zero-order chi connectivity index (χ0) is 6.69. The molecule has 0 spiro atoms. The lowest BCUT2D eigenvalue weighted by Gasteiger charge is -1.92. The molecule has 48 valence electrons. The van der Waals surface area contributed by atoms with Gasteiger partial charge >= 0.3 is 0 Å². The van der Waals surface area contributed by atoms with Crippen LogP contribution < -0.4 is 0 Å². The van der Waals surface area contributed by atoms with E-state index in [0.717, 1.165) is 5.56 Å². The molecule has 9 heavy (non-hydrogen) atoms. The molecule has 0 atom stereocenters. The van der Waals surface area contributed by atoms with Gasteiger partial charge < -0.3 is 5.11 Å². The van der Waals surface area contributed by atoms with Gasteiger partial charge in [0, 0.05) is 12.1 Å². The Morgan fingerprint density at radius 3 is 2.78 bits per heavy atom. The number of hydrogen-bond acceptors (Lipinski definition) is 2. The van der Waals surface area contributed by atoms with E-state index in [0.29, 0.717) is 5.88 Å². The highest BCUT2D eigenvalue weighted by atomic mass is 35.5. The topological polar surface area (TPSA) is 33.1 Å². The standard InChI is InChI=1S/C6H6ClNO/c7-2-5-1-6(9)4-8-3-5/h1,3-4,9H,2H2.